The first-order valence-electron chi connectivity index (χ1n) is 8.93. The van der Waals surface area contributed by atoms with Gasteiger partial charge >= 0.3 is 0 Å². The van der Waals surface area contributed by atoms with Crippen LogP contribution in [0.15, 0.2) is 0 Å². The number of rotatable bonds is 3. The first-order chi connectivity index (χ1) is 10.9. The van der Waals surface area contributed by atoms with Gasteiger partial charge in [0.2, 0.25) is 0 Å². The summed E-state index contributed by atoms with van der Waals surface area (Å²) in [5, 5.41) is 1.41. The van der Waals surface area contributed by atoms with Crippen molar-refractivity contribution < 1.29 is 0 Å². The van der Waals surface area contributed by atoms with Gasteiger partial charge in [0, 0.05) is 24.4 Å². The van der Waals surface area contributed by atoms with Crippen LogP contribution in [0, 0.1) is 0 Å². The molecule has 1 aliphatic heterocycles. The van der Waals surface area contributed by atoms with E-state index in [2.05, 4.69) is 11.8 Å². The highest BCUT2D eigenvalue weighted by molar-refractivity contribution is 7.19. The standard InChI is InChI=1S/C18H25N3S/c1-2-8-15-19-17(21-11-6-7-12-21)16-13-9-4-3-5-10-14(13)22-18(16)20-15/h2-12H2,1H3. The van der Waals surface area contributed by atoms with E-state index in [4.69, 9.17) is 9.97 Å². The minimum absolute atomic E-state index is 0.999. The number of hydrogen-bond donors (Lipinski definition) is 0. The second-order valence-corrected chi connectivity index (χ2v) is 7.74. The molecule has 22 heavy (non-hydrogen) atoms. The van der Waals surface area contributed by atoms with E-state index in [1.165, 1.54) is 74.1 Å². The van der Waals surface area contributed by atoms with Crippen LogP contribution in [0.3, 0.4) is 0 Å². The highest BCUT2D eigenvalue weighted by Crippen LogP contribution is 2.39. The molecule has 3 heterocycles. The van der Waals surface area contributed by atoms with Crippen LogP contribution in [-0.4, -0.2) is 23.1 Å². The van der Waals surface area contributed by atoms with Gasteiger partial charge in [-0.05, 0) is 50.5 Å². The fourth-order valence-corrected chi connectivity index (χ4v) is 5.13. The van der Waals surface area contributed by atoms with E-state index in [-0.39, 0.29) is 0 Å². The zero-order valence-corrected chi connectivity index (χ0v) is 14.3. The molecule has 2 aromatic heterocycles. The minimum atomic E-state index is 0.999. The van der Waals surface area contributed by atoms with Crippen LogP contribution in [0.1, 0.15) is 61.7 Å². The number of anilines is 1. The smallest absolute Gasteiger partial charge is 0.141 e. The van der Waals surface area contributed by atoms with Gasteiger partial charge in [-0.15, -0.1) is 11.3 Å². The second kappa shape index (κ2) is 6.15. The molecular weight excluding hydrogens is 290 g/mol. The normalized spacial score (nSPS) is 18.7. The first-order valence-corrected chi connectivity index (χ1v) is 9.74. The van der Waals surface area contributed by atoms with Gasteiger partial charge in [0.05, 0.1) is 5.39 Å². The molecule has 0 N–H and O–H groups in total. The molecule has 118 valence electrons. The summed E-state index contributed by atoms with van der Waals surface area (Å²) >= 11 is 1.95. The van der Waals surface area contributed by atoms with Crippen molar-refractivity contribution in [2.75, 3.05) is 18.0 Å². The van der Waals surface area contributed by atoms with Crippen LogP contribution in [-0.2, 0) is 19.3 Å². The largest absolute Gasteiger partial charge is 0.356 e. The maximum Gasteiger partial charge on any atom is 0.141 e. The Morgan fingerprint density at radius 2 is 1.82 bits per heavy atom. The fraction of sp³-hybridized carbons (Fsp3) is 0.667. The summed E-state index contributed by atoms with van der Waals surface area (Å²) in [6.45, 7) is 4.55. The van der Waals surface area contributed by atoms with Crippen molar-refractivity contribution in [2.45, 2.75) is 64.7 Å². The number of aromatic nitrogens is 2. The average molecular weight is 315 g/mol. The van der Waals surface area contributed by atoms with Crippen molar-refractivity contribution in [3.05, 3.63) is 16.3 Å². The first kappa shape index (κ1) is 14.4. The van der Waals surface area contributed by atoms with Crippen LogP contribution < -0.4 is 4.90 Å². The third-order valence-electron chi connectivity index (χ3n) is 4.97. The predicted molar refractivity (Wildman–Crippen MR) is 94.1 cm³/mol. The molecule has 0 unspecified atom stereocenters. The van der Waals surface area contributed by atoms with E-state index in [1.807, 2.05) is 11.3 Å². The molecule has 0 radical (unpaired) electrons. The molecule has 1 saturated heterocycles. The van der Waals surface area contributed by atoms with E-state index in [0.29, 0.717) is 0 Å². The Morgan fingerprint density at radius 1 is 1.00 bits per heavy atom. The summed E-state index contributed by atoms with van der Waals surface area (Å²) in [6.07, 6.45) is 11.3. The lowest BCUT2D eigenvalue weighted by atomic mass is 10.1. The molecule has 1 aliphatic carbocycles. The maximum absolute atomic E-state index is 5.01. The summed E-state index contributed by atoms with van der Waals surface area (Å²) in [6, 6.07) is 0. The van der Waals surface area contributed by atoms with Crippen LogP contribution in [0.4, 0.5) is 5.82 Å². The quantitative estimate of drug-likeness (QED) is 0.780. The predicted octanol–water partition coefficient (Wildman–Crippen LogP) is 4.51. The van der Waals surface area contributed by atoms with Gasteiger partial charge in [-0.1, -0.05) is 13.3 Å². The third kappa shape index (κ3) is 2.51. The summed E-state index contributed by atoms with van der Waals surface area (Å²) in [4.78, 5) is 15.3. The summed E-state index contributed by atoms with van der Waals surface area (Å²) in [5.74, 6) is 2.30. The van der Waals surface area contributed by atoms with Gasteiger partial charge < -0.3 is 4.90 Å². The molecule has 4 heteroatoms. The lowest BCUT2D eigenvalue weighted by Crippen LogP contribution is -2.20. The van der Waals surface area contributed by atoms with E-state index >= 15 is 0 Å². The van der Waals surface area contributed by atoms with Crippen molar-refractivity contribution in [1.29, 1.82) is 0 Å². The van der Waals surface area contributed by atoms with Gasteiger partial charge in [-0.2, -0.15) is 0 Å². The number of aryl methyl sites for hydroxylation is 3. The Hall–Kier alpha value is -1.16. The second-order valence-electron chi connectivity index (χ2n) is 6.65. The van der Waals surface area contributed by atoms with Crippen LogP contribution in [0.25, 0.3) is 10.2 Å². The monoisotopic (exact) mass is 315 g/mol. The summed E-state index contributed by atoms with van der Waals surface area (Å²) in [5.41, 5.74) is 1.59. The van der Waals surface area contributed by atoms with E-state index in [1.54, 1.807) is 10.4 Å². The van der Waals surface area contributed by atoms with Crippen LogP contribution in [0.2, 0.25) is 0 Å². The molecule has 0 amide bonds. The average Bonchev–Trinajstić information content (AvgIpc) is 3.10. The van der Waals surface area contributed by atoms with Gasteiger partial charge in [-0.3, -0.25) is 0 Å². The molecule has 2 aliphatic rings. The zero-order chi connectivity index (χ0) is 14.9. The number of thiophene rings is 1. The Bertz CT molecular complexity index is 671. The molecule has 3 nitrogen and oxygen atoms in total. The number of nitrogens with zero attached hydrogens (tertiary/aromatic N) is 3. The molecule has 0 spiro atoms. The molecule has 0 aromatic carbocycles. The molecule has 0 bridgehead atoms. The highest BCUT2D eigenvalue weighted by Gasteiger charge is 2.24. The number of hydrogen-bond acceptors (Lipinski definition) is 4. The lowest BCUT2D eigenvalue weighted by Gasteiger charge is -2.19. The van der Waals surface area contributed by atoms with Gasteiger partial charge in [0.1, 0.15) is 16.5 Å². The Labute approximate surface area is 136 Å². The van der Waals surface area contributed by atoms with Crippen molar-refractivity contribution in [1.82, 2.24) is 9.97 Å². The summed E-state index contributed by atoms with van der Waals surface area (Å²) < 4.78 is 0. The molecule has 4 rings (SSSR count). The maximum atomic E-state index is 5.01. The van der Waals surface area contributed by atoms with E-state index in [0.717, 1.165) is 18.7 Å². The zero-order valence-electron chi connectivity index (χ0n) is 13.5. The van der Waals surface area contributed by atoms with E-state index in [9.17, 15) is 0 Å². The van der Waals surface area contributed by atoms with Crippen molar-refractivity contribution in [3.63, 3.8) is 0 Å². The fourth-order valence-electron chi connectivity index (χ4n) is 3.85. The van der Waals surface area contributed by atoms with Crippen LogP contribution >= 0.6 is 11.3 Å². The highest BCUT2D eigenvalue weighted by atomic mass is 32.1. The van der Waals surface area contributed by atoms with Gasteiger partial charge in [0.25, 0.3) is 0 Å². The van der Waals surface area contributed by atoms with Crippen molar-refractivity contribution in [3.8, 4) is 0 Å². The topological polar surface area (TPSA) is 29.0 Å². The van der Waals surface area contributed by atoms with Crippen LogP contribution in [0.5, 0.6) is 0 Å². The SMILES string of the molecule is CCCc1nc(N2CCCC2)c2c3c(sc2n1)CCCCC3. The van der Waals surface area contributed by atoms with Gasteiger partial charge in [-0.25, -0.2) is 9.97 Å². The number of fused-ring (bicyclic) bond motifs is 3. The summed E-state index contributed by atoms with van der Waals surface area (Å²) in [7, 11) is 0. The van der Waals surface area contributed by atoms with E-state index < -0.39 is 0 Å². The molecule has 0 atom stereocenters. The molecular formula is C18H25N3S. The molecule has 0 saturated carbocycles. The minimum Gasteiger partial charge on any atom is -0.356 e. The third-order valence-corrected chi connectivity index (χ3v) is 6.16. The molecule has 1 fully saturated rings. The Balaban J connectivity index is 1.89. The van der Waals surface area contributed by atoms with Crippen molar-refractivity contribution >= 4 is 27.4 Å². The Kier molecular flexibility index (Phi) is 4.03. The Morgan fingerprint density at radius 3 is 2.64 bits per heavy atom. The lowest BCUT2D eigenvalue weighted by molar-refractivity contribution is 0.713. The van der Waals surface area contributed by atoms with Crippen molar-refractivity contribution in [2.24, 2.45) is 0 Å². The molecule has 2 aromatic rings. The van der Waals surface area contributed by atoms with Gasteiger partial charge in [0.15, 0.2) is 0 Å².